The van der Waals surface area contributed by atoms with E-state index in [-0.39, 0.29) is 6.54 Å². The molecule has 3 rings (SSSR count). The smallest absolute Gasteiger partial charge is 0.328 e. The Morgan fingerprint density at radius 2 is 2.25 bits per heavy atom. The van der Waals surface area contributed by atoms with Gasteiger partial charge in [0, 0.05) is 11.8 Å². The molecule has 0 unspecified atom stereocenters. The van der Waals surface area contributed by atoms with Crippen molar-refractivity contribution in [2.24, 2.45) is 10.8 Å². The fourth-order valence-corrected chi connectivity index (χ4v) is 2.51. The third kappa shape index (κ3) is 2.13. The van der Waals surface area contributed by atoms with Crippen molar-refractivity contribution < 1.29 is 0 Å². The van der Waals surface area contributed by atoms with E-state index in [1.54, 1.807) is 6.92 Å². The van der Waals surface area contributed by atoms with Gasteiger partial charge < -0.3 is 10.7 Å². The number of hydrogen-bond donors (Lipinski definition) is 2. The van der Waals surface area contributed by atoms with Gasteiger partial charge in [0.1, 0.15) is 5.84 Å². The summed E-state index contributed by atoms with van der Waals surface area (Å²) in [6.07, 6.45) is 0. The summed E-state index contributed by atoms with van der Waals surface area (Å²) in [6, 6.07) is 1.35. The van der Waals surface area contributed by atoms with Gasteiger partial charge >= 0.3 is 5.69 Å². The highest BCUT2D eigenvalue weighted by atomic mass is 32.2. The van der Waals surface area contributed by atoms with Crippen molar-refractivity contribution >= 4 is 17.6 Å². The summed E-state index contributed by atoms with van der Waals surface area (Å²) in [4.78, 5) is 26.2. The van der Waals surface area contributed by atoms with Gasteiger partial charge in [0.05, 0.1) is 12.3 Å². The van der Waals surface area contributed by atoms with E-state index >= 15 is 0 Å². The van der Waals surface area contributed by atoms with Crippen LogP contribution < -0.4 is 17.0 Å². The molecule has 2 aromatic heterocycles. The summed E-state index contributed by atoms with van der Waals surface area (Å²) in [5.41, 5.74) is 5.29. The molecule has 2 aromatic rings. The number of fused-ring (bicyclic) bond motifs is 1. The van der Waals surface area contributed by atoms with E-state index in [0.29, 0.717) is 28.3 Å². The van der Waals surface area contributed by atoms with Gasteiger partial charge in [-0.05, 0) is 6.92 Å². The maximum atomic E-state index is 11.8. The average Bonchev–Trinajstić information content (AvgIpc) is 2.76. The van der Waals surface area contributed by atoms with E-state index < -0.39 is 11.2 Å². The van der Waals surface area contributed by atoms with Crippen LogP contribution in [-0.4, -0.2) is 36.0 Å². The van der Waals surface area contributed by atoms with Gasteiger partial charge in [-0.25, -0.2) is 4.79 Å². The van der Waals surface area contributed by atoms with Crippen LogP contribution >= 0.6 is 11.8 Å². The summed E-state index contributed by atoms with van der Waals surface area (Å²) in [6.45, 7) is 1.63. The van der Waals surface area contributed by atoms with Gasteiger partial charge in [0.25, 0.3) is 5.56 Å². The van der Waals surface area contributed by atoms with Crippen molar-refractivity contribution in [1.82, 2.24) is 24.4 Å². The van der Waals surface area contributed by atoms with Crippen LogP contribution in [0.5, 0.6) is 0 Å². The molecule has 1 aliphatic heterocycles. The topological polar surface area (TPSA) is 124 Å². The minimum atomic E-state index is -0.493. The number of H-pyrrole nitrogens is 1. The van der Waals surface area contributed by atoms with E-state index in [9.17, 15) is 9.59 Å². The Kier molecular flexibility index (Phi) is 2.93. The number of aromatic nitrogens is 5. The number of rotatable bonds is 2. The molecule has 10 heteroatoms. The van der Waals surface area contributed by atoms with Crippen LogP contribution in [0.2, 0.25) is 0 Å². The third-order valence-electron chi connectivity index (χ3n) is 2.71. The zero-order valence-corrected chi connectivity index (χ0v) is 11.3. The summed E-state index contributed by atoms with van der Waals surface area (Å²) >= 11 is 1.40. The first-order valence-corrected chi connectivity index (χ1v) is 6.74. The van der Waals surface area contributed by atoms with Gasteiger partial charge in [0.15, 0.2) is 5.82 Å². The molecule has 0 aromatic carbocycles. The molecular formula is C10H11N7O2S. The predicted molar refractivity (Wildman–Crippen MR) is 72.9 cm³/mol. The van der Waals surface area contributed by atoms with Crippen molar-refractivity contribution in [1.29, 1.82) is 0 Å². The number of hydrogen-bond acceptors (Lipinski definition) is 7. The Labute approximate surface area is 116 Å². The SMILES string of the molecule is Cc1cc(=O)n(Cc2nnc3n2N=C(N)CS3)c(=O)[nH]1. The molecule has 0 saturated carbocycles. The lowest BCUT2D eigenvalue weighted by Gasteiger charge is -2.10. The highest BCUT2D eigenvalue weighted by Gasteiger charge is 2.18. The predicted octanol–water partition coefficient (Wildman–Crippen LogP) is -1.29. The molecule has 0 amide bonds. The van der Waals surface area contributed by atoms with Gasteiger partial charge in [-0.1, -0.05) is 11.8 Å². The maximum absolute atomic E-state index is 11.8. The van der Waals surface area contributed by atoms with E-state index in [0.717, 1.165) is 4.57 Å². The highest BCUT2D eigenvalue weighted by Crippen LogP contribution is 2.20. The summed E-state index contributed by atoms with van der Waals surface area (Å²) < 4.78 is 2.49. The molecule has 0 atom stereocenters. The minimum Gasteiger partial charge on any atom is -0.385 e. The van der Waals surface area contributed by atoms with E-state index in [2.05, 4.69) is 20.3 Å². The quantitative estimate of drug-likeness (QED) is 0.710. The van der Waals surface area contributed by atoms with Gasteiger partial charge in [-0.3, -0.25) is 9.36 Å². The largest absolute Gasteiger partial charge is 0.385 e. The van der Waals surface area contributed by atoms with Gasteiger partial charge in [-0.15, -0.1) is 10.2 Å². The van der Waals surface area contributed by atoms with E-state index in [4.69, 9.17) is 5.73 Å². The van der Waals surface area contributed by atoms with Crippen LogP contribution in [-0.2, 0) is 6.54 Å². The number of nitrogens with zero attached hydrogens (tertiary/aromatic N) is 5. The van der Waals surface area contributed by atoms with Crippen LogP contribution in [0.15, 0.2) is 25.9 Å². The number of thioether (sulfide) groups is 1. The number of aryl methyl sites for hydroxylation is 1. The average molecular weight is 293 g/mol. The van der Waals surface area contributed by atoms with E-state index in [1.165, 1.54) is 22.5 Å². The first kappa shape index (κ1) is 12.7. The van der Waals surface area contributed by atoms with Crippen LogP contribution in [0.4, 0.5) is 0 Å². The Morgan fingerprint density at radius 1 is 1.45 bits per heavy atom. The van der Waals surface area contributed by atoms with Crippen molar-refractivity contribution in [3.05, 3.63) is 38.4 Å². The first-order valence-electron chi connectivity index (χ1n) is 5.76. The molecule has 3 N–H and O–H groups in total. The molecule has 0 fully saturated rings. The first-order chi connectivity index (χ1) is 9.54. The monoisotopic (exact) mass is 293 g/mol. The summed E-state index contributed by atoms with van der Waals surface area (Å²) in [5, 5.41) is 12.6. The molecule has 0 radical (unpaired) electrons. The molecule has 104 valence electrons. The van der Waals surface area contributed by atoms with E-state index in [1.807, 2.05) is 0 Å². The minimum absolute atomic E-state index is 0.0151. The normalized spacial score (nSPS) is 13.9. The lowest BCUT2D eigenvalue weighted by molar-refractivity contribution is 0.618. The Hall–Kier alpha value is -2.36. The summed E-state index contributed by atoms with van der Waals surface area (Å²) in [7, 11) is 0. The highest BCUT2D eigenvalue weighted by molar-refractivity contribution is 7.99. The second-order valence-corrected chi connectivity index (χ2v) is 5.22. The van der Waals surface area contributed by atoms with Crippen LogP contribution in [0.25, 0.3) is 0 Å². The fourth-order valence-electron chi connectivity index (χ4n) is 1.81. The van der Waals surface area contributed by atoms with Crippen LogP contribution in [0, 0.1) is 6.92 Å². The van der Waals surface area contributed by atoms with Crippen molar-refractivity contribution in [2.45, 2.75) is 18.6 Å². The lowest BCUT2D eigenvalue weighted by Crippen LogP contribution is -2.36. The molecule has 3 heterocycles. The number of nitrogens with two attached hydrogens (primary N) is 1. The Morgan fingerprint density at radius 3 is 3.00 bits per heavy atom. The second kappa shape index (κ2) is 4.63. The third-order valence-corrected chi connectivity index (χ3v) is 3.66. The van der Waals surface area contributed by atoms with Crippen molar-refractivity contribution in [3.63, 3.8) is 0 Å². The number of amidine groups is 1. The van der Waals surface area contributed by atoms with Crippen LogP contribution in [0.3, 0.4) is 0 Å². The molecule has 0 spiro atoms. The Balaban J connectivity index is 2.05. The molecule has 20 heavy (non-hydrogen) atoms. The fraction of sp³-hybridized carbons (Fsp3) is 0.300. The molecule has 0 aliphatic carbocycles. The summed E-state index contributed by atoms with van der Waals surface area (Å²) in [5.74, 6) is 1.36. The molecule has 1 aliphatic rings. The Bertz CT molecular complexity index is 784. The molecular weight excluding hydrogens is 282 g/mol. The molecule has 0 saturated heterocycles. The molecule has 0 bridgehead atoms. The van der Waals surface area contributed by atoms with Gasteiger partial charge in [0.2, 0.25) is 5.16 Å². The van der Waals surface area contributed by atoms with Crippen LogP contribution in [0.1, 0.15) is 11.5 Å². The van der Waals surface area contributed by atoms with Crippen molar-refractivity contribution in [3.8, 4) is 0 Å². The standard InChI is InChI=1S/C10H11N7O2S/c1-5-2-8(18)16(9(19)12-5)3-7-13-14-10-17(7)15-6(11)4-20-10/h2H,3-4H2,1H3,(H2,11,15)(H,12,19). The maximum Gasteiger partial charge on any atom is 0.328 e. The number of aromatic amines is 1. The lowest BCUT2D eigenvalue weighted by atomic mass is 10.4. The number of nitrogens with one attached hydrogen (secondary N) is 1. The zero-order valence-electron chi connectivity index (χ0n) is 10.5. The zero-order chi connectivity index (χ0) is 14.3. The van der Waals surface area contributed by atoms with Gasteiger partial charge in [-0.2, -0.15) is 9.78 Å². The van der Waals surface area contributed by atoms with Crippen molar-refractivity contribution in [2.75, 3.05) is 5.75 Å². The molecule has 9 nitrogen and oxygen atoms in total. The second-order valence-electron chi connectivity index (χ2n) is 4.27.